The van der Waals surface area contributed by atoms with E-state index in [9.17, 15) is 4.79 Å². The number of ether oxygens (including phenoxy) is 1. The second-order valence-electron chi connectivity index (χ2n) is 3.95. The van der Waals surface area contributed by atoms with Crippen molar-refractivity contribution < 1.29 is 9.53 Å². The largest absolute Gasteiger partial charge is 0.378 e. The van der Waals surface area contributed by atoms with E-state index in [0.29, 0.717) is 16.7 Å². The molecule has 0 N–H and O–H groups in total. The zero-order chi connectivity index (χ0) is 11.5. The first-order valence-electron chi connectivity index (χ1n) is 5.38. The quantitative estimate of drug-likeness (QED) is 0.792. The molecule has 0 amide bonds. The Labute approximate surface area is 102 Å². The van der Waals surface area contributed by atoms with Crippen LogP contribution in [0.2, 0.25) is 0 Å². The molecule has 0 bridgehead atoms. The third kappa shape index (κ3) is 2.49. The first kappa shape index (κ1) is 11.7. The SMILES string of the molecule is Cn1nnc(Br)c1C(=O)CCC1CCCO1. The molecule has 5 nitrogen and oxygen atoms in total. The molecule has 0 aliphatic carbocycles. The molecule has 0 spiro atoms. The smallest absolute Gasteiger partial charge is 0.183 e. The Kier molecular flexibility index (Phi) is 3.70. The molecule has 1 fully saturated rings. The Balaban J connectivity index is 1.92. The maximum Gasteiger partial charge on any atom is 0.183 e. The lowest BCUT2D eigenvalue weighted by molar-refractivity contribution is 0.0852. The van der Waals surface area contributed by atoms with Gasteiger partial charge < -0.3 is 4.74 Å². The Bertz CT molecular complexity index is 366. The average Bonchev–Trinajstić information content (AvgIpc) is 2.86. The maximum atomic E-state index is 11.9. The van der Waals surface area contributed by atoms with Gasteiger partial charge in [0.2, 0.25) is 0 Å². The van der Waals surface area contributed by atoms with Gasteiger partial charge in [-0.2, -0.15) is 0 Å². The van der Waals surface area contributed by atoms with Gasteiger partial charge >= 0.3 is 0 Å². The predicted octanol–water partition coefficient (Wildman–Crippen LogP) is 1.72. The maximum absolute atomic E-state index is 11.9. The fourth-order valence-electron chi connectivity index (χ4n) is 1.91. The van der Waals surface area contributed by atoms with Crippen LogP contribution in [0.1, 0.15) is 36.2 Å². The van der Waals surface area contributed by atoms with Gasteiger partial charge in [0.25, 0.3) is 0 Å². The summed E-state index contributed by atoms with van der Waals surface area (Å²) in [6, 6.07) is 0. The molecule has 2 heterocycles. The van der Waals surface area contributed by atoms with E-state index in [2.05, 4.69) is 26.2 Å². The van der Waals surface area contributed by atoms with Crippen molar-refractivity contribution in [1.82, 2.24) is 15.0 Å². The second-order valence-corrected chi connectivity index (χ2v) is 4.70. The van der Waals surface area contributed by atoms with Crippen molar-refractivity contribution in [2.75, 3.05) is 6.61 Å². The lowest BCUT2D eigenvalue weighted by Gasteiger charge is -2.07. The van der Waals surface area contributed by atoms with Crippen molar-refractivity contribution >= 4 is 21.7 Å². The van der Waals surface area contributed by atoms with Crippen molar-refractivity contribution in [2.24, 2.45) is 7.05 Å². The van der Waals surface area contributed by atoms with Crippen molar-refractivity contribution in [3.8, 4) is 0 Å². The molecule has 1 aromatic heterocycles. The summed E-state index contributed by atoms with van der Waals surface area (Å²) in [5.74, 6) is 0.0647. The highest BCUT2D eigenvalue weighted by atomic mass is 79.9. The molecular weight excluding hydrogens is 274 g/mol. The highest BCUT2D eigenvalue weighted by Gasteiger charge is 2.20. The van der Waals surface area contributed by atoms with Gasteiger partial charge in [-0.1, -0.05) is 5.21 Å². The summed E-state index contributed by atoms with van der Waals surface area (Å²) in [6.07, 6.45) is 3.71. The molecule has 0 radical (unpaired) electrons. The van der Waals surface area contributed by atoms with Gasteiger partial charge in [0.15, 0.2) is 10.4 Å². The topological polar surface area (TPSA) is 57.0 Å². The van der Waals surface area contributed by atoms with Crippen LogP contribution in [0.5, 0.6) is 0 Å². The van der Waals surface area contributed by atoms with E-state index in [0.717, 1.165) is 25.9 Å². The van der Waals surface area contributed by atoms with Gasteiger partial charge in [0.1, 0.15) is 5.69 Å². The zero-order valence-electron chi connectivity index (χ0n) is 9.15. The molecular formula is C10H14BrN3O2. The Hall–Kier alpha value is -0.750. The van der Waals surface area contributed by atoms with E-state index >= 15 is 0 Å². The third-order valence-electron chi connectivity index (χ3n) is 2.77. The van der Waals surface area contributed by atoms with Crippen LogP contribution in [0.15, 0.2) is 4.60 Å². The van der Waals surface area contributed by atoms with Crippen molar-refractivity contribution in [2.45, 2.75) is 31.8 Å². The number of halogens is 1. The first-order chi connectivity index (χ1) is 7.68. The number of Topliss-reactive ketones (excluding diaryl/α,β-unsaturated/α-hetero) is 1. The van der Waals surface area contributed by atoms with Crippen LogP contribution in [-0.4, -0.2) is 33.5 Å². The molecule has 88 valence electrons. The highest BCUT2D eigenvalue weighted by Crippen LogP contribution is 2.20. The number of hydrogen-bond acceptors (Lipinski definition) is 4. The molecule has 0 aromatic carbocycles. The standard InChI is InChI=1S/C10H14BrN3O2/c1-14-9(10(11)12-13-14)8(15)5-4-7-3-2-6-16-7/h7H,2-6H2,1H3. The van der Waals surface area contributed by atoms with Gasteiger partial charge in [-0.3, -0.25) is 4.79 Å². The van der Waals surface area contributed by atoms with E-state index in [4.69, 9.17) is 4.74 Å². The molecule has 0 saturated carbocycles. The second kappa shape index (κ2) is 5.05. The van der Waals surface area contributed by atoms with Gasteiger partial charge in [-0.05, 0) is 35.2 Å². The summed E-state index contributed by atoms with van der Waals surface area (Å²) in [6.45, 7) is 0.829. The minimum Gasteiger partial charge on any atom is -0.378 e. The number of aromatic nitrogens is 3. The van der Waals surface area contributed by atoms with Crippen LogP contribution in [-0.2, 0) is 11.8 Å². The predicted molar refractivity (Wildman–Crippen MR) is 61.2 cm³/mol. The summed E-state index contributed by atoms with van der Waals surface area (Å²) >= 11 is 3.22. The monoisotopic (exact) mass is 287 g/mol. The molecule has 1 aliphatic heterocycles. The lowest BCUT2D eigenvalue weighted by Crippen LogP contribution is -2.12. The summed E-state index contributed by atoms with van der Waals surface area (Å²) in [5, 5.41) is 7.58. The summed E-state index contributed by atoms with van der Waals surface area (Å²) in [4.78, 5) is 11.9. The number of aryl methyl sites for hydroxylation is 1. The summed E-state index contributed by atoms with van der Waals surface area (Å²) in [5.41, 5.74) is 0.540. The van der Waals surface area contributed by atoms with Crippen LogP contribution >= 0.6 is 15.9 Å². The average molecular weight is 288 g/mol. The number of carbonyl (C=O) groups is 1. The Morgan fingerprint density at radius 3 is 3.06 bits per heavy atom. The van der Waals surface area contributed by atoms with E-state index in [1.165, 1.54) is 4.68 Å². The highest BCUT2D eigenvalue weighted by molar-refractivity contribution is 9.10. The van der Waals surface area contributed by atoms with E-state index in [1.807, 2.05) is 0 Å². The molecule has 1 saturated heterocycles. The molecule has 2 rings (SSSR count). The molecule has 1 aromatic rings. The van der Waals surface area contributed by atoms with Crippen LogP contribution in [0.3, 0.4) is 0 Å². The number of ketones is 1. The Morgan fingerprint density at radius 2 is 2.50 bits per heavy atom. The van der Waals surface area contributed by atoms with Gasteiger partial charge in [0.05, 0.1) is 6.10 Å². The Morgan fingerprint density at radius 1 is 1.69 bits per heavy atom. The van der Waals surface area contributed by atoms with Crippen LogP contribution in [0.25, 0.3) is 0 Å². The third-order valence-corrected chi connectivity index (χ3v) is 3.30. The zero-order valence-corrected chi connectivity index (χ0v) is 10.7. The normalized spacial score (nSPS) is 20.2. The molecule has 6 heteroatoms. The van der Waals surface area contributed by atoms with Gasteiger partial charge in [0, 0.05) is 20.1 Å². The fraction of sp³-hybridized carbons (Fsp3) is 0.700. The molecule has 1 unspecified atom stereocenters. The minimum absolute atomic E-state index is 0.0647. The number of hydrogen-bond donors (Lipinski definition) is 0. The van der Waals surface area contributed by atoms with Gasteiger partial charge in [-0.25, -0.2) is 4.68 Å². The van der Waals surface area contributed by atoms with Crippen LogP contribution < -0.4 is 0 Å². The van der Waals surface area contributed by atoms with Crippen molar-refractivity contribution in [3.63, 3.8) is 0 Å². The van der Waals surface area contributed by atoms with E-state index < -0.39 is 0 Å². The van der Waals surface area contributed by atoms with Crippen molar-refractivity contribution in [1.29, 1.82) is 0 Å². The van der Waals surface area contributed by atoms with Crippen molar-refractivity contribution in [3.05, 3.63) is 10.3 Å². The first-order valence-corrected chi connectivity index (χ1v) is 6.17. The van der Waals surface area contributed by atoms with Crippen LogP contribution in [0.4, 0.5) is 0 Å². The van der Waals surface area contributed by atoms with Gasteiger partial charge in [-0.15, -0.1) is 5.10 Å². The molecule has 1 atom stereocenters. The van der Waals surface area contributed by atoms with E-state index in [-0.39, 0.29) is 11.9 Å². The summed E-state index contributed by atoms with van der Waals surface area (Å²) in [7, 11) is 1.72. The number of rotatable bonds is 4. The number of nitrogens with zero attached hydrogens (tertiary/aromatic N) is 3. The van der Waals surface area contributed by atoms with E-state index in [1.54, 1.807) is 7.05 Å². The summed E-state index contributed by atoms with van der Waals surface area (Å²) < 4.78 is 7.50. The molecule has 16 heavy (non-hydrogen) atoms. The number of carbonyl (C=O) groups excluding carboxylic acids is 1. The lowest BCUT2D eigenvalue weighted by atomic mass is 10.1. The minimum atomic E-state index is 0.0647. The molecule has 1 aliphatic rings. The fourth-order valence-corrected chi connectivity index (χ4v) is 2.46. The van der Waals surface area contributed by atoms with Crippen LogP contribution in [0, 0.1) is 0 Å².